The molecule has 1 heterocycles. The molecule has 0 fully saturated rings. The van der Waals surface area contributed by atoms with Gasteiger partial charge in [0.15, 0.2) is 5.82 Å². The molecular weight excluding hydrogens is 206 g/mol. The van der Waals surface area contributed by atoms with Crippen molar-refractivity contribution < 1.29 is 9.63 Å². The molecule has 1 unspecified atom stereocenters. The highest BCUT2D eigenvalue weighted by Gasteiger charge is 2.11. The smallest absolute Gasteiger partial charge is 0.229 e. The van der Waals surface area contributed by atoms with Gasteiger partial charge < -0.3 is 14.5 Å². The van der Waals surface area contributed by atoms with Crippen LogP contribution in [0.2, 0.25) is 0 Å². The van der Waals surface area contributed by atoms with E-state index in [0.717, 1.165) is 25.8 Å². The summed E-state index contributed by atoms with van der Waals surface area (Å²) in [4.78, 5) is 6.31. The van der Waals surface area contributed by atoms with Gasteiger partial charge in [0.2, 0.25) is 5.89 Å². The van der Waals surface area contributed by atoms with E-state index in [9.17, 15) is 5.11 Å². The fourth-order valence-electron chi connectivity index (χ4n) is 1.44. The summed E-state index contributed by atoms with van der Waals surface area (Å²) in [5, 5.41) is 13.5. The van der Waals surface area contributed by atoms with Crippen molar-refractivity contribution in [1.82, 2.24) is 15.0 Å². The van der Waals surface area contributed by atoms with Crippen LogP contribution in [0.15, 0.2) is 4.52 Å². The molecule has 0 aliphatic carbocycles. The maximum absolute atomic E-state index is 9.59. The summed E-state index contributed by atoms with van der Waals surface area (Å²) < 4.78 is 5.07. The molecule has 1 aromatic rings. The van der Waals surface area contributed by atoms with E-state index in [4.69, 9.17) is 4.52 Å². The second-order valence-corrected chi connectivity index (χ2v) is 4.30. The summed E-state index contributed by atoms with van der Waals surface area (Å²) in [5.41, 5.74) is 0. The molecule has 5 heteroatoms. The Bertz CT molecular complexity index is 299. The molecule has 0 aliphatic heterocycles. The highest BCUT2D eigenvalue weighted by Crippen LogP contribution is 2.06. The summed E-state index contributed by atoms with van der Waals surface area (Å²) in [5.74, 6) is 1.25. The second kappa shape index (κ2) is 6.60. The van der Waals surface area contributed by atoms with E-state index in [-0.39, 0.29) is 6.10 Å². The van der Waals surface area contributed by atoms with Gasteiger partial charge >= 0.3 is 0 Å². The minimum Gasteiger partial charge on any atom is -0.393 e. The normalized spacial score (nSPS) is 13.3. The van der Waals surface area contributed by atoms with Crippen LogP contribution in [0.1, 0.15) is 31.5 Å². The number of aromatic nitrogens is 2. The third-order valence-corrected chi connectivity index (χ3v) is 2.32. The number of rotatable bonds is 7. The van der Waals surface area contributed by atoms with Gasteiger partial charge in [-0.2, -0.15) is 4.98 Å². The van der Waals surface area contributed by atoms with Gasteiger partial charge in [0, 0.05) is 13.0 Å². The Morgan fingerprint density at radius 3 is 2.81 bits per heavy atom. The maximum Gasteiger partial charge on any atom is 0.229 e. The van der Waals surface area contributed by atoms with Gasteiger partial charge in [0.1, 0.15) is 0 Å². The van der Waals surface area contributed by atoms with Crippen molar-refractivity contribution in [3.8, 4) is 0 Å². The van der Waals surface area contributed by atoms with Crippen LogP contribution in [0.5, 0.6) is 0 Å². The molecule has 0 spiro atoms. The van der Waals surface area contributed by atoms with Gasteiger partial charge in [0.25, 0.3) is 0 Å². The molecule has 16 heavy (non-hydrogen) atoms. The molecule has 0 amide bonds. The fraction of sp³-hybridized carbons (Fsp3) is 0.818. The van der Waals surface area contributed by atoms with Gasteiger partial charge in [-0.1, -0.05) is 18.5 Å². The first kappa shape index (κ1) is 13.1. The molecular formula is C11H21N3O2. The highest BCUT2D eigenvalue weighted by atomic mass is 16.5. The van der Waals surface area contributed by atoms with Crippen molar-refractivity contribution in [3.63, 3.8) is 0 Å². The monoisotopic (exact) mass is 227 g/mol. The summed E-state index contributed by atoms with van der Waals surface area (Å²) in [6.45, 7) is 2.94. The van der Waals surface area contributed by atoms with Crippen molar-refractivity contribution in [2.75, 3.05) is 20.6 Å². The van der Waals surface area contributed by atoms with Gasteiger partial charge in [-0.3, -0.25) is 0 Å². The Balaban J connectivity index is 2.39. The molecule has 1 aromatic heterocycles. The maximum atomic E-state index is 9.59. The lowest BCUT2D eigenvalue weighted by Gasteiger charge is -2.05. The minimum absolute atomic E-state index is 0.368. The Kier molecular flexibility index (Phi) is 5.42. The van der Waals surface area contributed by atoms with E-state index in [1.807, 2.05) is 21.0 Å². The topological polar surface area (TPSA) is 62.4 Å². The number of aliphatic hydroxyl groups excluding tert-OH is 1. The Morgan fingerprint density at radius 1 is 1.44 bits per heavy atom. The van der Waals surface area contributed by atoms with Crippen molar-refractivity contribution in [3.05, 3.63) is 11.7 Å². The molecule has 1 atom stereocenters. The van der Waals surface area contributed by atoms with Crippen LogP contribution in [-0.4, -0.2) is 46.9 Å². The molecule has 0 aliphatic rings. The average molecular weight is 227 g/mol. The van der Waals surface area contributed by atoms with E-state index in [0.29, 0.717) is 18.1 Å². The lowest BCUT2D eigenvalue weighted by molar-refractivity contribution is 0.151. The zero-order valence-electron chi connectivity index (χ0n) is 10.3. The Labute approximate surface area is 96.5 Å². The number of hydrogen-bond acceptors (Lipinski definition) is 5. The average Bonchev–Trinajstić information content (AvgIpc) is 2.63. The molecule has 0 aromatic carbocycles. The highest BCUT2D eigenvalue weighted by molar-refractivity contribution is 4.88. The number of nitrogens with zero attached hydrogens (tertiary/aromatic N) is 3. The summed E-state index contributed by atoms with van der Waals surface area (Å²) in [6, 6.07) is 0. The van der Waals surface area contributed by atoms with Crippen LogP contribution in [0.3, 0.4) is 0 Å². The third kappa shape index (κ3) is 4.72. The van der Waals surface area contributed by atoms with E-state index < -0.39 is 0 Å². The van der Waals surface area contributed by atoms with Crippen LogP contribution in [0.4, 0.5) is 0 Å². The van der Waals surface area contributed by atoms with Crippen LogP contribution in [-0.2, 0) is 12.8 Å². The molecule has 1 N–H and O–H groups in total. The second-order valence-electron chi connectivity index (χ2n) is 4.30. The number of aliphatic hydroxyl groups is 1. The van der Waals surface area contributed by atoms with Gasteiger partial charge in [-0.25, -0.2) is 0 Å². The molecule has 0 radical (unpaired) electrons. The molecule has 0 saturated carbocycles. The predicted molar refractivity (Wildman–Crippen MR) is 61.2 cm³/mol. The zero-order chi connectivity index (χ0) is 12.0. The van der Waals surface area contributed by atoms with Crippen LogP contribution >= 0.6 is 0 Å². The zero-order valence-corrected chi connectivity index (χ0v) is 10.3. The number of hydrogen-bond donors (Lipinski definition) is 1. The van der Waals surface area contributed by atoms with Crippen LogP contribution in [0, 0.1) is 0 Å². The van der Waals surface area contributed by atoms with E-state index >= 15 is 0 Å². The largest absolute Gasteiger partial charge is 0.393 e. The SMILES string of the molecule is CCCC(O)Cc1nc(CCN(C)C)no1. The standard InChI is InChI=1S/C11H21N3O2/c1-4-5-9(15)8-11-12-10(13-16-11)6-7-14(2)3/h9,15H,4-8H2,1-3H3. The lowest BCUT2D eigenvalue weighted by Crippen LogP contribution is -2.15. The van der Waals surface area contributed by atoms with Gasteiger partial charge in [0.05, 0.1) is 12.5 Å². The van der Waals surface area contributed by atoms with Crippen LogP contribution in [0.25, 0.3) is 0 Å². The summed E-state index contributed by atoms with van der Waals surface area (Å²) in [6.07, 6.45) is 2.61. The van der Waals surface area contributed by atoms with E-state index in [2.05, 4.69) is 15.0 Å². The Morgan fingerprint density at radius 2 is 2.19 bits per heavy atom. The molecule has 1 rings (SSSR count). The first-order valence-corrected chi connectivity index (χ1v) is 5.76. The quantitative estimate of drug-likeness (QED) is 0.749. The van der Waals surface area contributed by atoms with Gasteiger partial charge in [-0.15, -0.1) is 0 Å². The predicted octanol–water partition coefficient (Wildman–Crippen LogP) is 0.877. The van der Waals surface area contributed by atoms with E-state index in [1.165, 1.54) is 0 Å². The third-order valence-electron chi connectivity index (χ3n) is 2.32. The molecule has 0 saturated heterocycles. The Hall–Kier alpha value is -0.940. The molecule has 92 valence electrons. The van der Waals surface area contributed by atoms with E-state index in [1.54, 1.807) is 0 Å². The summed E-state index contributed by atoms with van der Waals surface area (Å²) in [7, 11) is 4.01. The lowest BCUT2D eigenvalue weighted by atomic mass is 10.1. The number of likely N-dealkylation sites (N-methyl/N-ethyl adjacent to an activating group) is 1. The fourth-order valence-corrected chi connectivity index (χ4v) is 1.44. The first-order valence-electron chi connectivity index (χ1n) is 5.76. The first-order chi connectivity index (χ1) is 7.61. The van der Waals surface area contributed by atoms with Gasteiger partial charge in [-0.05, 0) is 20.5 Å². The summed E-state index contributed by atoms with van der Waals surface area (Å²) >= 11 is 0. The minimum atomic E-state index is -0.368. The van der Waals surface area contributed by atoms with Crippen molar-refractivity contribution in [2.45, 2.75) is 38.7 Å². The van der Waals surface area contributed by atoms with Crippen LogP contribution < -0.4 is 0 Å². The van der Waals surface area contributed by atoms with Crippen molar-refractivity contribution in [2.24, 2.45) is 0 Å². The van der Waals surface area contributed by atoms with Crippen molar-refractivity contribution >= 4 is 0 Å². The molecule has 5 nitrogen and oxygen atoms in total. The van der Waals surface area contributed by atoms with Crippen molar-refractivity contribution in [1.29, 1.82) is 0 Å². The molecule has 0 bridgehead atoms.